The normalized spacial score (nSPS) is 12.3. The van der Waals surface area contributed by atoms with Crippen LogP contribution in [0.3, 0.4) is 0 Å². The van der Waals surface area contributed by atoms with E-state index in [4.69, 9.17) is 10.8 Å². The van der Waals surface area contributed by atoms with Crippen LogP contribution in [0, 0.1) is 0 Å². The molecule has 0 saturated heterocycles. The van der Waals surface area contributed by atoms with Crippen molar-refractivity contribution in [2.45, 2.75) is 19.0 Å². The number of benzene rings is 1. The van der Waals surface area contributed by atoms with Gasteiger partial charge in [0, 0.05) is 12.6 Å². The number of rotatable bonds is 5. The second-order valence-corrected chi connectivity index (χ2v) is 4.04. The Morgan fingerprint density at radius 1 is 1.39 bits per heavy atom. The lowest BCUT2D eigenvalue weighted by atomic mass is 10.1. The van der Waals surface area contributed by atoms with Crippen LogP contribution < -0.4 is 5.73 Å². The highest BCUT2D eigenvalue weighted by molar-refractivity contribution is 5.72. The Kier molecular flexibility index (Phi) is 3.69. The van der Waals surface area contributed by atoms with Crippen LogP contribution in [-0.4, -0.2) is 32.1 Å². The summed E-state index contributed by atoms with van der Waals surface area (Å²) < 4.78 is 1.46. The number of hydrogen-bond donors (Lipinski definition) is 2. The fraction of sp³-hybridized carbons (Fsp3) is 0.250. The SMILES string of the molecule is N[C@@H](Cn1cc(Cc2ccccc2)nn1)C(=O)O. The molecular formula is C12H14N4O2. The van der Waals surface area contributed by atoms with Crippen LogP contribution in [0.25, 0.3) is 0 Å². The molecule has 0 saturated carbocycles. The van der Waals surface area contributed by atoms with Gasteiger partial charge in [0.05, 0.1) is 12.2 Å². The first kappa shape index (κ1) is 12.3. The predicted molar refractivity (Wildman–Crippen MR) is 64.9 cm³/mol. The molecule has 94 valence electrons. The summed E-state index contributed by atoms with van der Waals surface area (Å²) in [6, 6.07) is 8.91. The molecule has 3 N–H and O–H groups in total. The Hall–Kier alpha value is -2.21. The van der Waals surface area contributed by atoms with Gasteiger partial charge in [0.1, 0.15) is 6.04 Å². The first-order valence-electron chi connectivity index (χ1n) is 5.56. The van der Waals surface area contributed by atoms with Crippen molar-refractivity contribution >= 4 is 5.97 Å². The summed E-state index contributed by atoms with van der Waals surface area (Å²) in [6.07, 6.45) is 2.39. The number of nitrogens with two attached hydrogens (primary N) is 1. The highest BCUT2D eigenvalue weighted by Crippen LogP contribution is 2.06. The fourth-order valence-electron chi connectivity index (χ4n) is 1.59. The summed E-state index contributed by atoms with van der Waals surface area (Å²) in [5.41, 5.74) is 7.34. The van der Waals surface area contributed by atoms with Gasteiger partial charge in [-0.25, -0.2) is 0 Å². The van der Waals surface area contributed by atoms with Crippen LogP contribution in [-0.2, 0) is 17.8 Å². The van der Waals surface area contributed by atoms with Crippen molar-refractivity contribution in [2.24, 2.45) is 5.73 Å². The Labute approximate surface area is 104 Å². The molecule has 0 aliphatic carbocycles. The third-order valence-electron chi connectivity index (χ3n) is 2.52. The van der Waals surface area contributed by atoms with Crippen molar-refractivity contribution in [3.8, 4) is 0 Å². The lowest BCUT2D eigenvalue weighted by Crippen LogP contribution is -2.34. The van der Waals surface area contributed by atoms with Gasteiger partial charge in [-0.3, -0.25) is 9.48 Å². The second-order valence-electron chi connectivity index (χ2n) is 4.04. The zero-order valence-corrected chi connectivity index (χ0v) is 9.73. The number of aromatic nitrogens is 3. The summed E-state index contributed by atoms with van der Waals surface area (Å²) in [7, 11) is 0. The van der Waals surface area contributed by atoms with Crippen LogP contribution in [0.4, 0.5) is 0 Å². The lowest BCUT2D eigenvalue weighted by Gasteiger charge is -2.04. The second kappa shape index (κ2) is 5.42. The average Bonchev–Trinajstić information content (AvgIpc) is 2.77. The summed E-state index contributed by atoms with van der Waals surface area (Å²) in [5.74, 6) is -1.05. The summed E-state index contributed by atoms with van der Waals surface area (Å²) in [6.45, 7) is 0.122. The predicted octanol–water partition coefficient (Wildman–Crippen LogP) is 0.281. The van der Waals surface area contributed by atoms with E-state index in [1.165, 1.54) is 4.68 Å². The fourth-order valence-corrected chi connectivity index (χ4v) is 1.59. The highest BCUT2D eigenvalue weighted by Gasteiger charge is 2.13. The number of carbonyl (C=O) groups is 1. The molecule has 2 rings (SSSR count). The Morgan fingerprint density at radius 3 is 2.78 bits per heavy atom. The average molecular weight is 246 g/mol. The van der Waals surface area contributed by atoms with Crippen molar-refractivity contribution in [1.29, 1.82) is 0 Å². The monoisotopic (exact) mass is 246 g/mol. The number of hydrogen-bond acceptors (Lipinski definition) is 4. The van der Waals surface area contributed by atoms with Gasteiger partial charge in [0.25, 0.3) is 0 Å². The van der Waals surface area contributed by atoms with Gasteiger partial charge in [-0.1, -0.05) is 35.5 Å². The van der Waals surface area contributed by atoms with Crippen LogP contribution in [0.2, 0.25) is 0 Å². The van der Waals surface area contributed by atoms with Crippen molar-refractivity contribution < 1.29 is 9.90 Å². The zero-order valence-electron chi connectivity index (χ0n) is 9.73. The summed E-state index contributed by atoms with van der Waals surface area (Å²) in [4.78, 5) is 10.6. The molecule has 1 aromatic carbocycles. The van der Waals surface area contributed by atoms with Crippen LogP contribution in [0.5, 0.6) is 0 Å². The lowest BCUT2D eigenvalue weighted by molar-refractivity contribution is -0.138. The summed E-state index contributed by atoms with van der Waals surface area (Å²) in [5, 5.41) is 16.5. The molecular weight excluding hydrogens is 232 g/mol. The number of carboxylic acids is 1. The molecule has 0 aliphatic heterocycles. The third-order valence-corrected chi connectivity index (χ3v) is 2.52. The molecule has 6 nitrogen and oxygen atoms in total. The van der Waals surface area contributed by atoms with Crippen molar-refractivity contribution in [3.05, 3.63) is 47.8 Å². The van der Waals surface area contributed by atoms with E-state index < -0.39 is 12.0 Å². The van der Waals surface area contributed by atoms with Gasteiger partial charge >= 0.3 is 5.97 Å². The molecule has 1 atom stereocenters. The zero-order chi connectivity index (χ0) is 13.0. The van der Waals surface area contributed by atoms with E-state index in [9.17, 15) is 4.79 Å². The smallest absolute Gasteiger partial charge is 0.322 e. The minimum absolute atomic E-state index is 0.122. The number of aliphatic carboxylic acids is 1. The van der Waals surface area contributed by atoms with Gasteiger partial charge in [-0.15, -0.1) is 5.10 Å². The van der Waals surface area contributed by atoms with Gasteiger partial charge in [0.2, 0.25) is 0 Å². The maximum Gasteiger partial charge on any atom is 0.322 e. The highest BCUT2D eigenvalue weighted by atomic mass is 16.4. The van der Waals surface area contributed by atoms with E-state index in [1.54, 1.807) is 6.20 Å². The van der Waals surface area contributed by atoms with Crippen molar-refractivity contribution in [3.63, 3.8) is 0 Å². The van der Waals surface area contributed by atoms with Crippen molar-refractivity contribution in [2.75, 3.05) is 0 Å². The standard InChI is InChI=1S/C12H14N4O2/c13-11(12(17)18)8-16-7-10(14-15-16)6-9-4-2-1-3-5-9/h1-5,7,11H,6,8,13H2,(H,17,18)/t11-/m0/s1. The van der Waals surface area contributed by atoms with E-state index in [0.29, 0.717) is 6.42 Å². The molecule has 0 bridgehead atoms. The van der Waals surface area contributed by atoms with E-state index in [-0.39, 0.29) is 6.54 Å². The molecule has 2 aromatic rings. The first-order valence-corrected chi connectivity index (χ1v) is 5.56. The maximum atomic E-state index is 10.6. The Bertz CT molecular complexity index is 524. The van der Waals surface area contributed by atoms with E-state index in [1.807, 2.05) is 30.3 Å². The molecule has 0 fully saturated rings. The van der Waals surface area contributed by atoms with Crippen LogP contribution >= 0.6 is 0 Å². The van der Waals surface area contributed by atoms with E-state index >= 15 is 0 Å². The van der Waals surface area contributed by atoms with Crippen molar-refractivity contribution in [1.82, 2.24) is 15.0 Å². The van der Waals surface area contributed by atoms with Gasteiger partial charge < -0.3 is 10.8 Å². The minimum Gasteiger partial charge on any atom is -0.480 e. The summed E-state index contributed by atoms with van der Waals surface area (Å²) >= 11 is 0. The minimum atomic E-state index is -1.05. The van der Waals surface area contributed by atoms with E-state index in [0.717, 1.165) is 11.3 Å². The Morgan fingerprint density at radius 2 is 2.11 bits per heavy atom. The molecule has 0 amide bonds. The third kappa shape index (κ3) is 3.14. The van der Waals surface area contributed by atoms with Crippen LogP contribution in [0.15, 0.2) is 36.5 Å². The number of carboxylic acid groups (broad SMARTS) is 1. The molecule has 18 heavy (non-hydrogen) atoms. The molecule has 0 unspecified atom stereocenters. The molecule has 0 aliphatic rings. The molecule has 0 spiro atoms. The van der Waals surface area contributed by atoms with Gasteiger partial charge in [0.15, 0.2) is 0 Å². The Balaban J connectivity index is 2.00. The largest absolute Gasteiger partial charge is 0.480 e. The maximum absolute atomic E-state index is 10.6. The van der Waals surface area contributed by atoms with Gasteiger partial charge in [-0.2, -0.15) is 0 Å². The number of nitrogens with zero attached hydrogens (tertiary/aromatic N) is 3. The quantitative estimate of drug-likeness (QED) is 0.790. The topological polar surface area (TPSA) is 94.0 Å². The molecule has 6 heteroatoms. The first-order chi connectivity index (χ1) is 8.65. The van der Waals surface area contributed by atoms with E-state index in [2.05, 4.69) is 10.3 Å². The van der Waals surface area contributed by atoms with Gasteiger partial charge in [-0.05, 0) is 5.56 Å². The molecule has 1 aromatic heterocycles. The van der Waals surface area contributed by atoms with Crippen LogP contribution in [0.1, 0.15) is 11.3 Å². The molecule has 1 heterocycles. The molecule has 0 radical (unpaired) electrons.